The lowest BCUT2D eigenvalue weighted by atomic mass is 9.88. The van der Waals surface area contributed by atoms with E-state index in [0.29, 0.717) is 0 Å². The molecule has 0 atom stereocenters. The Labute approximate surface area is 137 Å². The smallest absolute Gasteiger partial charge is 0.251 e. The Hall–Kier alpha value is -2.61. The molecule has 2 nitrogen and oxygen atoms in total. The molecule has 1 heterocycles. The minimum atomic E-state index is -0.351. The number of carbonyl (C=O) groups excluding carboxylic acids is 1. The summed E-state index contributed by atoms with van der Waals surface area (Å²) in [4.78, 5) is 14.7. The van der Waals surface area contributed by atoms with Crippen molar-refractivity contribution in [1.29, 1.82) is 0 Å². The van der Waals surface area contributed by atoms with Gasteiger partial charge in [-0.3, -0.25) is 9.69 Å². The normalized spacial score (nSPS) is 16.1. The number of benzene rings is 2. The summed E-state index contributed by atoms with van der Waals surface area (Å²) in [6, 6.07) is 18.0. The second-order valence-corrected chi connectivity index (χ2v) is 6.42. The highest BCUT2D eigenvalue weighted by atomic mass is 16.2. The predicted molar refractivity (Wildman–Crippen MR) is 97.1 cm³/mol. The molecule has 1 aliphatic rings. The van der Waals surface area contributed by atoms with Gasteiger partial charge in [0.2, 0.25) is 0 Å². The van der Waals surface area contributed by atoms with E-state index in [4.69, 9.17) is 0 Å². The van der Waals surface area contributed by atoms with E-state index in [9.17, 15) is 4.79 Å². The Morgan fingerprint density at radius 3 is 2.39 bits per heavy atom. The topological polar surface area (TPSA) is 20.3 Å². The molecule has 0 bridgehead atoms. The van der Waals surface area contributed by atoms with E-state index in [0.717, 1.165) is 16.8 Å². The van der Waals surface area contributed by atoms with Gasteiger partial charge in [-0.1, -0.05) is 54.6 Å². The maximum atomic E-state index is 12.9. The minimum absolute atomic E-state index is 0.00458. The molecule has 116 valence electrons. The third-order valence-electron chi connectivity index (χ3n) is 4.15. The summed E-state index contributed by atoms with van der Waals surface area (Å²) in [5, 5.41) is 0. The second-order valence-electron chi connectivity index (χ2n) is 6.42. The Balaban J connectivity index is 1.97. The van der Waals surface area contributed by atoms with E-state index in [1.165, 1.54) is 5.57 Å². The summed E-state index contributed by atoms with van der Waals surface area (Å²) < 4.78 is 0. The van der Waals surface area contributed by atoms with Crippen molar-refractivity contribution in [1.82, 2.24) is 0 Å². The zero-order valence-corrected chi connectivity index (χ0v) is 13.8. The Morgan fingerprint density at radius 2 is 1.65 bits per heavy atom. The zero-order chi connectivity index (χ0) is 16.4. The summed E-state index contributed by atoms with van der Waals surface area (Å²) in [7, 11) is 0. The van der Waals surface area contributed by atoms with Gasteiger partial charge < -0.3 is 0 Å². The van der Waals surface area contributed by atoms with Gasteiger partial charge in [0.05, 0.1) is 11.2 Å². The molecule has 1 amide bonds. The molecule has 0 saturated heterocycles. The van der Waals surface area contributed by atoms with Crippen LogP contribution in [0.3, 0.4) is 0 Å². The van der Waals surface area contributed by atoms with E-state index in [1.807, 2.05) is 59.5 Å². The molecular formula is C21H21NO. The van der Waals surface area contributed by atoms with Gasteiger partial charge in [-0.25, -0.2) is 0 Å². The molecule has 2 aromatic carbocycles. The van der Waals surface area contributed by atoms with Crippen molar-refractivity contribution in [2.75, 3.05) is 4.90 Å². The minimum Gasteiger partial charge on any atom is -0.299 e. The highest BCUT2D eigenvalue weighted by Crippen LogP contribution is 2.38. The average molecular weight is 303 g/mol. The van der Waals surface area contributed by atoms with Crippen LogP contribution < -0.4 is 4.90 Å². The molecule has 2 aromatic rings. The van der Waals surface area contributed by atoms with Crippen LogP contribution in [0.5, 0.6) is 0 Å². The zero-order valence-electron chi connectivity index (χ0n) is 13.8. The van der Waals surface area contributed by atoms with Gasteiger partial charge in [0.25, 0.3) is 5.91 Å². The van der Waals surface area contributed by atoms with Crippen molar-refractivity contribution >= 4 is 23.2 Å². The van der Waals surface area contributed by atoms with Crippen LogP contribution in [0.15, 0.2) is 66.7 Å². The van der Waals surface area contributed by atoms with Crippen molar-refractivity contribution in [3.8, 4) is 0 Å². The van der Waals surface area contributed by atoms with Crippen molar-refractivity contribution < 1.29 is 4.79 Å². The van der Waals surface area contributed by atoms with Gasteiger partial charge in [-0.05, 0) is 44.1 Å². The van der Waals surface area contributed by atoms with Crippen LogP contribution in [0, 0.1) is 0 Å². The van der Waals surface area contributed by atoms with Crippen LogP contribution in [0.2, 0.25) is 0 Å². The molecule has 0 spiro atoms. The van der Waals surface area contributed by atoms with Gasteiger partial charge >= 0.3 is 0 Å². The van der Waals surface area contributed by atoms with Crippen molar-refractivity contribution in [3.05, 3.63) is 77.9 Å². The summed E-state index contributed by atoms with van der Waals surface area (Å²) in [6.45, 7) is 6.24. The number of rotatable bonds is 2. The highest BCUT2D eigenvalue weighted by Gasteiger charge is 2.34. The summed E-state index contributed by atoms with van der Waals surface area (Å²) in [5.41, 5.74) is 3.97. The first-order chi connectivity index (χ1) is 11.0. The molecule has 0 radical (unpaired) electrons. The van der Waals surface area contributed by atoms with Gasteiger partial charge in [0, 0.05) is 11.6 Å². The van der Waals surface area contributed by atoms with Crippen molar-refractivity contribution in [3.63, 3.8) is 0 Å². The van der Waals surface area contributed by atoms with Crippen LogP contribution in [0.4, 0.5) is 5.69 Å². The van der Waals surface area contributed by atoms with Gasteiger partial charge in [-0.15, -0.1) is 0 Å². The van der Waals surface area contributed by atoms with E-state index in [2.05, 4.69) is 32.9 Å². The fourth-order valence-electron chi connectivity index (χ4n) is 3.19. The van der Waals surface area contributed by atoms with Crippen LogP contribution in [0.1, 0.15) is 31.9 Å². The molecule has 0 aliphatic carbocycles. The lowest BCUT2D eigenvalue weighted by Crippen LogP contribution is -2.48. The lowest BCUT2D eigenvalue weighted by Gasteiger charge is -2.41. The number of nitrogens with zero attached hydrogens (tertiary/aromatic N) is 1. The fourth-order valence-corrected chi connectivity index (χ4v) is 3.19. The van der Waals surface area contributed by atoms with Gasteiger partial charge in [-0.2, -0.15) is 0 Å². The molecule has 3 rings (SSSR count). The fraction of sp³-hybridized carbons (Fsp3) is 0.190. The molecule has 1 aliphatic heterocycles. The Bertz CT molecular complexity index is 784. The average Bonchev–Trinajstić information content (AvgIpc) is 2.53. The van der Waals surface area contributed by atoms with E-state index < -0.39 is 0 Å². The third-order valence-corrected chi connectivity index (χ3v) is 4.15. The summed E-state index contributed by atoms with van der Waals surface area (Å²) in [6.07, 6.45) is 5.68. The first-order valence-electron chi connectivity index (χ1n) is 7.85. The number of allylic oxidation sites excluding steroid dienone is 1. The predicted octanol–water partition coefficient (Wildman–Crippen LogP) is 4.93. The standard InChI is InChI=1S/C21H21NO/c1-16-15-21(2,3)22(19-12-8-7-11-18(16)19)20(23)14-13-17-9-5-4-6-10-17/h4-15H,1-3H3. The largest absolute Gasteiger partial charge is 0.299 e. The van der Waals surface area contributed by atoms with Gasteiger partial charge in [0.1, 0.15) is 0 Å². The van der Waals surface area contributed by atoms with Crippen LogP contribution in [0.25, 0.3) is 11.6 Å². The molecule has 23 heavy (non-hydrogen) atoms. The number of hydrogen-bond donors (Lipinski definition) is 0. The molecule has 0 N–H and O–H groups in total. The molecule has 0 saturated carbocycles. The van der Waals surface area contributed by atoms with Crippen LogP contribution in [-0.2, 0) is 4.79 Å². The van der Waals surface area contributed by atoms with Crippen LogP contribution in [-0.4, -0.2) is 11.4 Å². The summed E-state index contributed by atoms with van der Waals surface area (Å²) in [5.74, 6) is -0.00458. The highest BCUT2D eigenvalue weighted by molar-refractivity contribution is 6.07. The Kier molecular flexibility index (Phi) is 3.91. The summed E-state index contributed by atoms with van der Waals surface area (Å²) >= 11 is 0. The molecular weight excluding hydrogens is 282 g/mol. The van der Waals surface area contributed by atoms with Crippen molar-refractivity contribution in [2.45, 2.75) is 26.3 Å². The SMILES string of the molecule is CC1=CC(C)(C)N(C(=O)C=Cc2ccccc2)c2ccccc21. The van der Waals surface area contributed by atoms with E-state index in [1.54, 1.807) is 6.08 Å². The Morgan fingerprint density at radius 1 is 1.00 bits per heavy atom. The maximum absolute atomic E-state index is 12.9. The molecule has 0 fully saturated rings. The number of hydrogen-bond acceptors (Lipinski definition) is 1. The number of fused-ring (bicyclic) bond motifs is 1. The van der Waals surface area contributed by atoms with E-state index in [-0.39, 0.29) is 11.4 Å². The lowest BCUT2D eigenvalue weighted by molar-refractivity contribution is -0.114. The van der Waals surface area contributed by atoms with Crippen molar-refractivity contribution in [2.24, 2.45) is 0 Å². The van der Waals surface area contributed by atoms with E-state index >= 15 is 0 Å². The maximum Gasteiger partial charge on any atom is 0.251 e. The van der Waals surface area contributed by atoms with Crippen LogP contribution >= 0.6 is 0 Å². The molecule has 0 aromatic heterocycles. The quantitative estimate of drug-likeness (QED) is 0.720. The second kappa shape index (κ2) is 5.88. The third kappa shape index (κ3) is 2.98. The number of amides is 1. The number of para-hydroxylation sites is 1. The number of carbonyl (C=O) groups is 1. The first kappa shape index (κ1) is 15.3. The van der Waals surface area contributed by atoms with Gasteiger partial charge in [0.15, 0.2) is 0 Å². The number of anilines is 1. The monoisotopic (exact) mass is 303 g/mol. The molecule has 2 heteroatoms. The first-order valence-corrected chi connectivity index (χ1v) is 7.85. The molecule has 0 unspecified atom stereocenters.